The smallest absolute Gasteiger partial charge is 0.125 e. The molecule has 0 saturated heterocycles. The molecule has 2 aromatic carbocycles. The molecule has 17 heavy (non-hydrogen) atoms. The average molecular weight is 230 g/mol. The van der Waals surface area contributed by atoms with Crippen LogP contribution in [0.1, 0.15) is 11.1 Å². The number of nitrogens with two attached hydrogens (primary N) is 1. The number of anilines is 3. The summed E-state index contributed by atoms with van der Waals surface area (Å²) in [6.45, 7) is 3.82. The average Bonchev–Trinajstić information content (AvgIpc) is 2.22. The summed E-state index contributed by atoms with van der Waals surface area (Å²) < 4.78 is 13.3. The molecule has 0 saturated carbocycles. The molecule has 0 bridgehead atoms. The Balaban J connectivity index is 2.38. The summed E-state index contributed by atoms with van der Waals surface area (Å²) in [4.78, 5) is 0. The van der Waals surface area contributed by atoms with Gasteiger partial charge in [0.15, 0.2) is 0 Å². The lowest BCUT2D eigenvalue weighted by Crippen LogP contribution is -1.99. The van der Waals surface area contributed by atoms with Crippen LogP contribution in [-0.4, -0.2) is 0 Å². The number of nitrogens with one attached hydrogen (secondary N) is 1. The van der Waals surface area contributed by atoms with Gasteiger partial charge in [-0.2, -0.15) is 0 Å². The van der Waals surface area contributed by atoms with Gasteiger partial charge < -0.3 is 11.1 Å². The summed E-state index contributed by atoms with van der Waals surface area (Å²) in [7, 11) is 0. The lowest BCUT2D eigenvalue weighted by atomic mass is 10.1. The molecule has 2 nitrogen and oxygen atoms in total. The zero-order chi connectivity index (χ0) is 12.4. The second kappa shape index (κ2) is 4.45. The third-order valence-electron chi connectivity index (χ3n) is 2.62. The van der Waals surface area contributed by atoms with Gasteiger partial charge in [-0.3, -0.25) is 0 Å². The normalized spacial score (nSPS) is 10.3. The Morgan fingerprint density at radius 2 is 1.88 bits per heavy atom. The van der Waals surface area contributed by atoms with Crippen LogP contribution < -0.4 is 11.1 Å². The first-order chi connectivity index (χ1) is 8.06. The quantitative estimate of drug-likeness (QED) is 0.771. The SMILES string of the molecule is Cc1cc(F)cc(Nc2c(C)cccc2N)c1. The first kappa shape index (κ1) is 11.5. The Hall–Kier alpha value is -2.03. The predicted molar refractivity (Wildman–Crippen MR) is 70.0 cm³/mol. The van der Waals surface area contributed by atoms with Crippen LogP contribution in [0.25, 0.3) is 0 Å². The highest BCUT2D eigenvalue weighted by atomic mass is 19.1. The minimum Gasteiger partial charge on any atom is -0.397 e. The first-order valence-electron chi connectivity index (χ1n) is 5.45. The molecule has 0 atom stereocenters. The van der Waals surface area contributed by atoms with Gasteiger partial charge in [-0.15, -0.1) is 0 Å². The van der Waals surface area contributed by atoms with E-state index in [9.17, 15) is 4.39 Å². The predicted octanol–water partition coefficient (Wildman–Crippen LogP) is 3.77. The third-order valence-corrected chi connectivity index (χ3v) is 2.62. The standard InChI is InChI=1S/C14H15FN2/c1-9-6-11(15)8-12(7-9)17-14-10(2)4-3-5-13(14)16/h3-8,17H,16H2,1-2H3. The van der Waals surface area contributed by atoms with Gasteiger partial charge in [0.2, 0.25) is 0 Å². The Labute approximate surface area is 100 Å². The van der Waals surface area contributed by atoms with Crippen LogP contribution in [0.5, 0.6) is 0 Å². The van der Waals surface area contributed by atoms with E-state index in [0.717, 1.165) is 16.8 Å². The van der Waals surface area contributed by atoms with Crippen LogP contribution in [0.4, 0.5) is 21.5 Å². The summed E-state index contributed by atoms with van der Waals surface area (Å²) in [6.07, 6.45) is 0. The maximum atomic E-state index is 13.3. The molecule has 0 radical (unpaired) electrons. The van der Waals surface area contributed by atoms with E-state index < -0.39 is 0 Å². The number of para-hydroxylation sites is 1. The highest BCUT2D eigenvalue weighted by Gasteiger charge is 2.04. The molecule has 0 heterocycles. The lowest BCUT2D eigenvalue weighted by molar-refractivity contribution is 0.627. The summed E-state index contributed by atoms with van der Waals surface area (Å²) >= 11 is 0. The van der Waals surface area contributed by atoms with Gasteiger partial charge in [0.05, 0.1) is 11.4 Å². The van der Waals surface area contributed by atoms with Gasteiger partial charge in [-0.25, -0.2) is 4.39 Å². The number of aryl methyl sites for hydroxylation is 2. The van der Waals surface area contributed by atoms with Crippen LogP contribution in [-0.2, 0) is 0 Å². The highest BCUT2D eigenvalue weighted by molar-refractivity contribution is 5.75. The Kier molecular flexibility index (Phi) is 3.00. The summed E-state index contributed by atoms with van der Waals surface area (Å²) in [5.41, 5.74) is 10.00. The highest BCUT2D eigenvalue weighted by Crippen LogP contribution is 2.27. The van der Waals surface area contributed by atoms with Crippen LogP contribution in [0, 0.1) is 19.7 Å². The van der Waals surface area contributed by atoms with Crippen molar-refractivity contribution in [3.05, 3.63) is 53.3 Å². The van der Waals surface area contributed by atoms with Crippen LogP contribution in [0.2, 0.25) is 0 Å². The van der Waals surface area contributed by atoms with Crippen molar-refractivity contribution in [2.24, 2.45) is 0 Å². The second-order valence-corrected chi connectivity index (χ2v) is 4.18. The Morgan fingerprint density at radius 1 is 1.12 bits per heavy atom. The van der Waals surface area contributed by atoms with Crippen molar-refractivity contribution in [2.75, 3.05) is 11.1 Å². The van der Waals surface area contributed by atoms with Gasteiger partial charge >= 0.3 is 0 Å². The van der Waals surface area contributed by atoms with E-state index in [1.54, 1.807) is 0 Å². The number of hydrogen-bond acceptors (Lipinski definition) is 2. The topological polar surface area (TPSA) is 38.0 Å². The molecule has 88 valence electrons. The van der Waals surface area contributed by atoms with Gasteiger partial charge in [0, 0.05) is 5.69 Å². The van der Waals surface area contributed by atoms with E-state index >= 15 is 0 Å². The maximum Gasteiger partial charge on any atom is 0.125 e. The fourth-order valence-electron chi connectivity index (χ4n) is 1.81. The van der Waals surface area contributed by atoms with Crippen LogP contribution in [0.3, 0.4) is 0 Å². The summed E-state index contributed by atoms with van der Waals surface area (Å²) in [5.74, 6) is -0.250. The van der Waals surface area contributed by atoms with Gasteiger partial charge in [0.25, 0.3) is 0 Å². The second-order valence-electron chi connectivity index (χ2n) is 4.18. The molecule has 0 aliphatic rings. The largest absolute Gasteiger partial charge is 0.397 e. The number of hydrogen-bond donors (Lipinski definition) is 2. The van der Waals surface area contributed by atoms with E-state index in [0.29, 0.717) is 11.4 Å². The van der Waals surface area contributed by atoms with Crippen LogP contribution >= 0.6 is 0 Å². The van der Waals surface area contributed by atoms with E-state index in [1.807, 2.05) is 38.1 Å². The van der Waals surface area contributed by atoms with Gasteiger partial charge in [0.1, 0.15) is 5.82 Å². The maximum absolute atomic E-state index is 13.3. The molecule has 0 fully saturated rings. The van der Waals surface area contributed by atoms with E-state index in [-0.39, 0.29) is 5.82 Å². The molecular weight excluding hydrogens is 215 g/mol. The zero-order valence-corrected chi connectivity index (χ0v) is 9.92. The number of halogens is 1. The third kappa shape index (κ3) is 2.56. The van der Waals surface area contributed by atoms with Crippen molar-refractivity contribution in [3.8, 4) is 0 Å². The summed E-state index contributed by atoms with van der Waals surface area (Å²) in [6, 6.07) is 10.5. The van der Waals surface area contributed by atoms with Crippen molar-refractivity contribution in [3.63, 3.8) is 0 Å². The molecule has 0 aromatic heterocycles. The molecule has 0 aliphatic carbocycles. The molecular formula is C14H15FN2. The Morgan fingerprint density at radius 3 is 2.53 bits per heavy atom. The minimum atomic E-state index is -0.250. The minimum absolute atomic E-state index is 0.250. The molecule has 2 rings (SSSR count). The van der Waals surface area contributed by atoms with Gasteiger partial charge in [-0.05, 0) is 49.2 Å². The molecule has 0 unspecified atom stereocenters. The van der Waals surface area contributed by atoms with Gasteiger partial charge in [-0.1, -0.05) is 12.1 Å². The molecule has 0 aliphatic heterocycles. The fourth-order valence-corrected chi connectivity index (χ4v) is 1.81. The number of nitrogen functional groups attached to an aromatic ring is 1. The van der Waals surface area contributed by atoms with E-state index in [4.69, 9.17) is 5.73 Å². The van der Waals surface area contributed by atoms with Crippen molar-refractivity contribution in [2.45, 2.75) is 13.8 Å². The van der Waals surface area contributed by atoms with Crippen molar-refractivity contribution in [1.29, 1.82) is 0 Å². The van der Waals surface area contributed by atoms with E-state index in [2.05, 4.69) is 5.32 Å². The lowest BCUT2D eigenvalue weighted by Gasteiger charge is -2.12. The fraction of sp³-hybridized carbons (Fsp3) is 0.143. The first-order valence-corrected chi connectivity index (χ1v) is 5.45. The summed E-state index contributed by atoms with van der Waals surface area (Å²) in [5, 5.41) is 3.16. The zero-order valence-electron chi connectivity index (χ0n) is 9.92. The molecule has 3 heteroatoms. The number of rotatable bonds is 2. The van der Waals surface area contributed by atoms with Crippen molar-refractivity contribution in [1.82, 2.24) is 0 Å². The molecule has 2 aromatic rings. The van der Waals surface area contributed by atoms with Crippen molar-refractivity contribution < 1.29 is 4.39 Å². The molecule has 0 amide bonds. The molecule has 0 spiro atoms. The van der Waals surface area contributed by atoms with E-state index in [1.165, 1.54) is 12.1 Å². The van der Waals surface area contributed by atoms with Crippen LogP contribution in [0.15, 0.2) is 36.4 Å². The molecule has 3 N–H and O–H groups in total. The monoisotopic (exact) mass is 230 g/mol. The number of benzene rings is 2. The Bertz CT molecular complexity index is 509. The van der Waals surface area contributed by atoms with Crippen molar-refractivity contribution >= 4 is 17.1 Å².